The van der Waals surface area contributed by atoms with E-state index in [4.69, 9.17) is 5.26 Å². The third-order valence-corrected chi connectivity index (χ3v) is 2.53. The van der Waals surface area contributed by atoms with Gasteiger partial charge in [0.05, 0.1) is 11.5 Å². The molecule has 0 saturated heterocycles. The van der Waals surface area contributed by atoms with Crippen molar-refractivity contribution in [2.24, 2.45) is 0 Å². The Balaban J connectivity index is 2.34. The molecule has 2 nitrogen and oxygen atoms in total. The minimum absolute atomic E-state index is 0.163. The molecule has 1 aromatic heterocycles. The fraction of sp³-hybridized carbons (Fsp3) is 0.444. The van der Waals surface area contributed by atoms with Crippen LogP contribution in [0.4, 0.5) is 0 Å². The lowest BCUT2D eigenvalue weighted by Crippen LogP contribution is -2.32. The lowest BCUT2D eigenvalue weighted by molar-refractivity contribution is 0.317. The van der Waals surface area contributed by atoms with Crippen LogP contribution in [0.3, 0.4) is 0 Å². The Morgan fingerprint density at radius 3 is 2.73 bits per heavy atom. The van der Waals surface area contributed by atoms with Crippen molar-refractivity contribution in [3.8, 4) is 6.07 Å². The summed E-state index contributed by atoms with van der Waals surface area (Å²) in [5.74, 6) is 0. The molecule has 56 valence electrons. The number of aromatic nitrogens is 1. The SMILES string of the molecule is N#CC1(c2ccc[nH]2)CCC1. The average molecular weight is 146 g/mol. The van der Waals surface area contributed by atoms with Crippen LogP contribution in [0.15, 0.2) is 18.3 Å². The van der Waals surface area contributed by atoms with Crippen LogP contribution in [0.1, 0.15) is 25.0 Å². The van der Waals surface area contributed by atoms with Crippen LogP contribution in [-0.4, -0.2) is 4.98 Å². The summed E-state index contributed by atoms with van der Waals surface area (Å²) in [6, 6.07) is 6.34. The summed E-state index contributed by atoms with van der Waals surface area (Å²) in [5.41, 5.74) is 0.926. The van der Waals surface area contributed by atoms with E-state index in [1.54, 1.807) is 0 Å². The smallest absolute Gasteiger partial charge is 0.0970 e. The number of aromatic amines is 1. The molecule has 1 fully saturated rings. The van der Waals surface area contributed by atoms with Gasteiger partial charge in [0.1, 0.15) is 0 Å². The first kappa shape index (κ1) is 6.48. The zero-order valence-corrected chi connectivity index (χ0v) is 6.30. The van der Waals surface area contributed by atoms with Crippen molar-refractivity contribution in [3.63, 3.8) is 0 Å². The molecule has 11 heavy (non-hydrogen) atoms. The summed E-state index contributed by atoms with van der Waals surface area (Å²) in [4.78, 5) is 3.11. The van der Waals surface area contributed by atoms with E-state index in [1.165, 1.54) is 6.42 Å². The first-order valence-corrected chi connectivity index (χ1v) is 3.92. The topological polar surface area (TPSA) is 39.6 Å². The number of hydrogen-bond acceptors (Lipinski definition) is 1. The minimum atomic E-state index is -0.163. The predicted octanol–water partition coefficient (Wildman–Crippen LogP) is 1.96. The Kier molecular flexibility index (Phi) is 1.25. The number of H-pyrrole nitrogens is 1. The van der Waals surface area contributed by atoms with E-state index in [0.29, 0.717) is 0 Å². The van der Waals surface area contributed by atoms with Gasteiger partial charge in [-0.3, -0.25) is 0 Å². The molecule has 2 rings (SSSR count). The largest absolute Gasteiger partial charge is 0.364 e. The Morgan fingerprint density at radius 1 is 1.55 bits per heavy atom. The molecule has 0 radical (unpaired) electrons. The first-order valence-electron chi connectivity index (χ1n) is 3.92. The van der Waals surface area contributed by atoms with Crippen molar-refractivity contribution in [1.82, 2.24) is 4.98 Å². The molecule has 0 aliphatic heterocycles. The van der Waals surface area contributed by atoms with Gasteiger partial charge >= 0.3 is 0 Å². The zero-order chi connectivity index (χ0) is 7.73. The van der Waals surface area contributed by atoms with Crippen LogP contribution in [0.25, 0.3) is 0 Å². The van der Waals surface area contributed by atoms with Crippen molar-refractivity contribution in [2.75, 3.05) is 0 Å². The summed E-state index contributed by atoms with van der Waals surface area (Å²) in [6.45, 7) is 0. The summed E-state index contributed by atoms with van der Waals surface area (Å²) in [7, 11) is 0. The van der Waals surface area contributed by atoms with E-state index in [1.807, 2.05) is 18.3 Å². The number of nitriles is 1. The molecule has 0 amide bonds. The Bertz CT molecular complexity index is 275. The highest BCUT2D eigenvalue weighted by Crippen LogP contribution is 2.42. The zero-order valence-electron chi connectivity index (χ0n) is 6.30. The van der Waals surface area contributed by atoms with Crippen LogP contribution in [0.5, 0.6) is 0 Å². The molecule has 1 N–H and O–H groups in total. The van der Waals surface area contributed by atoms with E-state index in [-0.39, 0.29) is 5.41 Å². The maximum absolute atomic E-state index is 8.94. The van der Waals surface area contributed by atoms with Gasteiger partial charge in [0.25, 0.3) is 0 Å². The van der Waals surface area contributed by atoms with Crippen LogP contribution >= 0.6 is 0 Å². The highest BCUT2D eigenvalue weighted by atomic mass is 14.7. The van der Waals surface area contributed by atoms with Crippen LogP contribution < -0.4 is 0 Å². The predicted molar refractivity (Wildman–Crippen MR) is 41.9 cm³/mol. The molecule has 0 unspecified atom stereocenters. The third-order valence-electron chi connectivity index (χ3n) is 2.53. The van der Waals surface area contributed by atoms with E-state index < -0.39 is 0 Å². The average Bonchev–Trinajstić information content (AvgIpc) is 2.39. The second-order valence-electron chi connectivity index (χ2n) is 3.13. The second kappa shape index (κ2) is 2.13. The van der Waals surface area contributed by atoms with Crippen molar-refractivity contribution in [2.45, 2.75) is 24.7 Å². The number of rotatable bonds is 1. The lowest BCUT2D eigenvalue weighted by Gasteiger charge is -2.34. The second-order valence-corrected chi connectivity index (χ2v) is 3.13. The molecule has 1 aliphatic rings. The number of nitrogens with zero attached hydrogens (tertiary/aromatic N) is 1. The van der Waals surface area contributed by atoms with Gasteiger partial charge in [-0.1, -0.05) is 0 Å². The Labute approximate surface area is 65.9 Å². The van der Waals surface area contributed by atoms with Gasteiger partial charge in [-0.15, -0.1) is 0 Å². The van der Waals surface area contributed by atoms with Gasteiger partial charge in [0.15, 0.2) is 0 Å². The molecule has 0 atom stereocenters. The molecule has 1 saturated carbocycles. The molecular formula is C9H10N2. The molecule has 0 spiro atoms. The molecule has 1 aromatic rings. The highest BCUT2D eigenvalue weighted by Gasteiger charge is 2.39. The Morgan fingerprint density at radius 2 is 2.36 bits per heavy atom. The van der Waals surface area contributed by atoms with Gasteiger partial charge in [-0.05, 0) is 31.4 Å². The van der Waals surface area contributed by atoms with E-state index in [2.05, 4.69) is 11.1 Å². The van der Waals surface area contributed by atoms with Crippen LogP contribution in [0.2, 0.25) is 0 Å². The normalized spacial score (nSPS) is 20.3. The van der Waals surface area contributed by atoms with Crippen molar-refractivity contribution in [3.05, 3.63) is 24.0 Å². The number of hydrogen-bond donors (Lipinski definition) is 1. The number of nitrogens with one attached hydrogen (secondary N) is 1. The highest BCUT2D eigenvalue weighted by molar-refractivity contribution is 5.29. The molecule has 0 aromatic carbocycles. The quantitative estimate of drug-likeness (QED) is 0.646. The summed E-state index contributed by atoms with van der Waals surface area (Å²) >= 11 is 0. The van der Waals surface area contributed by atoms with E-state index >= 15 is 0 Å². The molecular weight excluding hydrogens is 136 g/mol. The molecule has 0 bridgehead atoms. The maximum Gasteiger partial charge on any atom is 0.0970 e. The fourth-order valence-corrected chi connectivity index (χ4v) is 1.60. The third kappa shape index (κ3) is 0.775. The fourth-order valence-electron chi connectivity index (χ4n) is 1.60. The monoisotopic (exact) mass is 146 g/mol. The van der Waals surface area contributed by atoms with Crippen molar-refractivity contribution >= 4 is 0 Å². The summed E-state index contributed by atoms with van der Waals surface area (Å²) in [5, 5.41) is 8.94. The molecule has 2 heteroatoms. The maximum atomic E-state index is 8.94. The van der Waals surface area contributed by atoms with Crippen LogP contribution in [-0.2, 0) is 5.41 Å². The lowest BCUT2D eigenvalue weighted by atomic mass is 9.68. The van der Waals surface area contributed by atoms with Crippen LogP contribution in [0, 0.1) is 11.3 Å². The Hall–Kier alpha value is -1.23. The van der Waals surface area contributed by atoms with E-state index in [9.17, 15) is 0 Å². The van der Waals surface area contributed by atoms with Gasteiger partial charge in [-0.2, -0.15) is 5.26 Å². The standard InChI is InChI=1S/C9H10N2/c10-7-9(4-2-5-9)8-3-1-6-11-8/h1,3,6,11H,2,4-5H2. The summed E-state index contributed by atoms with van der Waals surface area (Å²) < 4.78 is 0. The molecule has 1 heterocycles. The van der Waals surface area contributed by atoms with Crippen molar-refractivity contribution in [1.29, 1.82) is 5.26 Å². The van der Waals surface area contributed by atoms with Gasteiger partial charge in [0, 0.05) is 11.9 Å². The summed E-state index contributed by atoms with van der Waals surface area (Å²) in [6.07, 6.45) is 5.10. The minimum Gasteiger partial charge on any atom is -0.364 e. The van der Waals surface area contributed by atoms with Crippen molar-refractivity contribution < 1.29 is 0 Å². The molecule has 1 aliphatic carbocycles. The van der Waals surface area contributed by atoms with E-state index in [0.717, 1.165) is 18.5 Å². The van der Waals surface area contributed by atoms with Gasteiger partial charge < -0.3 is 4.98 Å². The van der Waals surface area contributed by atoms with Gasteiger partial charge in [0.2, 0.25) is 0 Å². The van der Waals surface area contributed by atoms with Gasteiger partial charge in [-0.25, -0.2) is 0 Å². The first-order chi connectivity index (χ1) is 5.37.